The van der Waals surface area contributed by atoms with Gasteiger partial charge in [-0.25, -0.2) is 4.79 Å². The van der Waals surface area contributed by atoms with Gasteiger partial charge in [-0.1, -0.05) is 24.3 Å². The summed E-state index contributed by atoms with van der Waals surface area (Å²) in [6.07, 6.45) is -0.326. The van der Waals surface area contributed by atoms with E-state index in [2.05, 4.69) is 5.32 Å². The second-order valence-corrected chi connectivity index (χ2v) is 3.15. The predicted molar refractivity (Wildman–Crippen MR) is 48.4 cm³/mol. The average Bonchev–Trinajstić information content (AvgIpc) is 2.53. The van der Waals surface area contributed by atoms with E-state index in [1.165, 1.54) is 5.56 Å². The highest BCUT2D eigenvalue weighted by Gasteiger charge is 2.24. The van der Waals surface area contributed by atoms with Crippen molar-refractivity contribution in [3.05, 3.63) is 35.4 Å². The van der Waals surface area contributed by atoms with Gasteiger partial charge in [0, 0.05) is 0 Å². The van der Waals surface area contributed by atoms with Crippen LogP contribution in [-0.4, -0.2) is 12.7 Å². The first-order valence-electron chi connectivity index (χ1n) is 4.26. The molecule has 0 aromatic heterocycles. The van der Waals surface area contributed by atoms with Crippen LogP contribution in [0.25, 0.3) is 0 Å². The van der Waals surface area contributed by atoms with E-state index in [1.807, 2.05) is 31.2 Å². The van der Waals surface area contributed by atoms with Crippen molar-refractivity contribution in [2.24, 2.45) is 0 Å². The lowest BCUT2D eigenvalue weighted by molar-refractivity contribution is 0.177. The SMILES string of the molecule is Cc1ccccc1[C@H]1COC(=O)N1. The van der Waals surface area contributed by atoms with Gasteiger partial charge in [0.15, 0.2) is 0 Å². The van der Waals surface area contributed by atoms with Crippen molar-refractivity contribution in [1.29, 1.82) is 0 Å². The summed E-state index contributed by atoms with van der Waals surface area (Å²) in [5.74, 6) is 0. The summed E-state index contributed by atoms with van der Waals surface area (Å²) in [7, 11) is 0. The second kappa shape index (κ2) is 3.09. The number of benzene rings is 1. The molecule has 0 aliphatic carbocycles. The van der Waals surface area contributed by atoms with Crippen LogP contribution >= 0.6 is 0 Å². The van der Waals surface area contributed by atoms with Crippen LogP contribution in [0.3, 0.4) is 0 Å². The van der Waals surface area contributed by atoms with Crippen LogP contribution in [0.4, 0.5) is 4.79 Å². The predicted octanol–water partition coefficient (Wildman–Crippen LogP) is 1.78. The summed E-state index contributed by atoms with van der Waals surface area (Å²) in [5, 5.41) is 2.75. The molecule has 3 nitrogen and oxygen atoms in total. The first-order chi connectivity index (χ1) is 6.27. The number of amides is 1. The Labute approximate surface area is 76.7 Å². The van der Waals surface area contributed by atoms with Crippen molar-refractivity contribution in [1.82, 2.24) is 5.32 Å². The molecule has 0 unspecified atom stereocenters. The van der Waals surface area contributed by atoms with Crippen molar-refractivity contribution < 1.29 is 9.53 Å². The van der Waals surface area contributed by atoms with Crippen LogP contribution in [0.2, 0.25) is 0 Å². The normalized spacial score (nSPS) is 21.0. The highest BCUT2D eigenvalue weighted by Crippen LogP contribution is 2.20. The minimum Gasteiger partial charge on any atom is -0.447 e. The molecule has 1 N–H and O–H groups in total. The minimum atomic E-state index is -0.326. The maximum absolute atomic E-state index is 10.8. The molecule has 1 amide bonds. The third-order valence-corrected chi connectivity index (χ3v) is 2.24. The Morgan fingerprint density at radius 3 is 2.85 bits per heavy atom. The minimum absolute atomic E-state index is 0.0219. The molecule has 1 saturated heterocycles. The van der Waals surface area contributed by atoms with Gasteiger partial charge in [0.05, 0.1) is 6.04 Å². The number of cyclic esters (lactones) is 1. The zero-order chi connectivity index (χ0) is 9.26. The number of hydrogen-bond donors (Lipinski definition) is 1. The molecule has 2 rings (SSSR count). The molecule has 1 aliphatic heterocycles. The van der Waals surface area contributed by atoms with E-state index in [1.54, 1.807) is 0 Å². The third-order valence-electron chi connectivity index (χ3n) is 2.24. The van der Waals surface area contributed by atoms with E-state index in [0.717, 1.165) is 5.56 Å². The zero-order valence-corrected chi connectivity index (χ0v) is 7.41. The van der Waals surface area contributed by atoms with Crippen molar-refractivity contribution in [3.8, 4) is 0 Å². The van der Waals surface area contributed by atoms with E-state index in [-0.39, 0.29) is 12.1 Å². The standard InChI is InChI=1S/C10H11NO2/c1-7-4-2-3-5-8(7)9-6-13-10(12)11-9/h2-5,9H,6H2,1H3,(H,11,12)/t9-/m1/s1. The Balaban J connectivity index is 2.26. The summed E-state index contributed by atoms with van der Waals surface area (Å²) in [6, 6.07) is 8.01. The number of carbonyl (C=O) groups excluding carboxylic acids is 1. The highest BCUT2D eigenvalue weighted by molar-refractivity contribution is 5.70. The van der Waals surface area contributed by atoms with Crippen LogP contribution in [0.5, 0.6) is 0 Å². The third kappa shape index (κ3) is 1.49. The summed E-state index contributed by atoms with van der Waals surface area (Å²) in [5.41, 5.74) is 2.31. The second-order valence-electron chi connectivity index (χ2n) is 3.15. The molecular weight excluding hydrogens is 166 g/mol. The van der Waals surface area contributed by atoms with Crippen LogP contribution in [0.15, 0.2) is 24.3 Å². The Morgan fingerprint density at radius 1 is 1.46 bits per heavy atom. The van der Waals surface area contributed by atoms with Gasteiger partial charge in [-0.05, 0) is 18.1 Å². The lowest BCUT2D eigenvalue weighted by Crippen LogP contribution is -2.18. The fourth-order valence-corrected chi connectivity index (χ4v) is 1.53. The topological polar surface area (TPSA) is 38.3 Å². The van der Waals surface area contributed by atoms with Crippen molar-refractivity contribution in [2.45, 2.75) is 13.0 Å². The molecule has 1 fully saturated rings. The largest absolute Gasteiger partial charge is 0.447 e. The number of hydrogen-bond acceptors (Lipinski definition) is 2. The number of nitrogens with one attached hydrogen (secondary N) is 1. The van der Waals surface area contributed by atoms with Gasteiger partial charge >= 0.3 is 6.09 Å². The number of ether oxygens (including phenoxy) is 1. The molecule has 3 heteroatoms. The summed E-state index contributed by atoms with van der Waals surface area (Å²) >= 11 is 0. The van der Waals surface area contributed by atoms with E-state index in [9.17, 15) is 4.79 Å². The molecule has 0 bridgehead atoms. The molecule has 0 radical (unpaired) electrons. The van der Waals surface area contributed by atoms with Crippen molar-refractivity contribution >= 4 is 6.09 Å². The molecule has 1 atom stereocenters. The lowest BCUT2D eigenvalue weighted by atomic mass is 10.0. The fraction of sp³-hybridized carbons (Fsp3) is 0.300. The quantitative estimate of drug-likeness (QED) is 0.710. The molecule has 0 saturated carbocycles. The number of alkyl carbamates (subject to hydrolysis) is 1. The van der Waals surface area contributed by atoms with Crippen LogP contribution < -0.4 is 5.32 Å². The molecule has 13 heavy (non-hydrogen) atoms. The fourth-order valence-electron chi connectivity index (χ4n) is 1.53. The Kier molecular flexibility index (Phi) is 1.93. The van der Waals surface area contributed by atoms with Gasteiger partial charge in [0.2, 0.25) is 0 Å². The number of carbonyl (C=O) groups is 1. The van der Waals surface area contributed by atoms with E-state index < -0.39 is 0 Å². The van der Waals surface area contributed by atoms with Crippen LogP contribution in [0.1, 0.15) is 17.2 Å². The number of rotatable bonds is 1. The van der Waals surface area contributed by atoms with Crippen molar-refractivity contribution in [3.63, 3.8) is 0 Å². The van der Waals surface area contributed by atoms with Crippen LogP contribution in [-0.2, 0) is 4.74 Å². The van der Waals surface area contributed by atoms with Crippen LogP contribution in [0, 0.1) is 6.92 Å². The maximum Gasteiger partial charge on any atom is 0.407 e. The van der Waals surface area contributed by atoms with Gasteiger partial charge < -0.3 is 10.1 Å². The highest BCUT2D eigenvalue weighted by atomic mass is 16.6. The van der Waals surface area contributed by atoms with E-state index in [0.29, 0.717) is 6.61 Å². The smallest absolute Gasteiger partial charge is 0.407 e. The Morgan fingerprint density at radius 2 is 2.23 bits per heavy atom. The maximum atomic E-state index is 10.8. The summed E-state index contributed by atoms with van der Waals surface area (Å²) < 4.78 is 4.82. The van der Waals surface area contributed by atoms with Gasteiger partial charge in [0.1, 0.15) is 6.61 Å². The van der Waals surface area contributed by atoms with Gasteiger partial charge in [-0.2, -0.15) is 0 Å². The molecule has 0 spiro atoms. The zero-order valence-electron chi connectivity index (χ0n) is 7.41. The van der Waals surface area contributed by atoms with E-state index in [4.69, 9.17) is 4.74 Å². The first kappa shape index (κ1) is 8.10. The van der Waals surface area contributed by atoms with Gasteiger partial charge in [0.25, 0.3) is 0 Å². The average molecular weight is 177 g/mol. The molecule has 68 valence electrons. The monoisotopic (exact) mass is 177 g/mol. The van der Waals surface area contributed by atoms with Gasteiger partial charge in [-0.15, -0.1) is 0 Å². The first-order valence-corrected chi connectivity index (χ1v) is 4.26. The van der Waals surface area contributed by atoms with E-state index >= 15 is 0 Å². The van der Waals surface area contributed by atoms with Gasteiger partial charge in [-0.3, -0.25) is 0 Å². The Bertz CT molecular complexity index is 335. The summed E-state index contributed by atoms with van der Waals surface area (Å²) in [6.45, 7) is 2.46. The molecule has 1 aliphatic rings. The summed E-state index contributed by atoms with van der Waals surface area (Å²) in [4.78, 5) is 10.8. The molecule has 1 aromatic carbocycles. The number of aryl methyl sites for hydroxylation is 1. The van der Waals surface area contributed by atoms with Crippen molar-refractivity contribution in [2.75, 3.05) is 6.61 Å². The molecule has 1 aromatic rings. The molecule has 1 heterocycles. The Hall–Kier alpha value is -1.51. The lowest BCUT2D eigenvalue weighted by Gasteiger charge is -2.09. The molecular formula is C10H11NO2.